The van der Waals surface area contributed by atoms with E-state index in [0.717, 1.165) is 30.8 Å². The van der Waals surface area contributed by atoms with Gasteiger partial charge in [0.15, 0.2) is 0 Å². The van der Waals surface area contributed by atoms with Gasteiger partial charge in [-0.05, 0) is 69.5 Å². The first kappa shape index (κ1) is 18.1. The highest BCUT2D eigenvalue weighted by atomic mass is 15.1. The smallest absolute Gasteiger partial charge is 0.0598 e. The Morgan fingerprint density at radius 2 is 2.00 bits per heavy atom. The van der Waals surface area contributed by atoms with E-state index in [2.05, 4.69) is 73.9 Å². The highest BCUT2D eigenvalue weighted by Gasteiger charge is 2.13. The fraction of sp³-hybridized carbons (Fsp3) is 0.381. The summed E-state index contributed by atoms with van der Waals surface area (Å²) in [5, 5.41) is 3.56. The van der Waals surface area contributed by atoms with Gasteiger partial charge in [0.25, 0.3) is 0 Å². The number of pyridine rings is 1. The van der Waals surface area contributed by atoms with Crippen LogP contribution in [0.25, 0.3) is 0 Å². The average molecular weight is 323 g/mol. The Morgan fingerprint density at radius 3 is 2.62 bits per heavy atom. The maximum atomic E-state index is 4.43. The van der Waals surface area contributed by atoms with E-state index in [0.29, 0.717) is 0 Å². The van der Waals surface area contributed by atoms with Crippen molar-refractivity contribution in [3.8, 4) is 0 Å². The van der Waals surface area contributed by atoms with Crippen LogP contribution in [0.15, 0.2) is 55.3 Å². The molecular weight excluding hydrogens is 294 g/mol. The van der Waals surface area contributed by atoms with E-state index < -0.39 is 0 Å². The summed E-state index contributed by atoms with van der Waals surface area (Å²) in [4.78, 5) is 6.70. The van der Waals surface area contributed by atoms with E-state index in [9.17, 15) is 0 Å². The number of nitrogens with one attached hydrogen (secondary N) is 1. The molecule has 0 unspecified atom stereocenters. The normalized spacial score (nSPS) is 11.2. The fourth-order valence-corrected chi connectivity index (χ4v) is 2.75. The Kier molecular flexibility index (Phi) is 6.02. The van der Waals surface area contributed by atoms with Crippen LogP contribution < -0.4 is 10.2 Å². The van der Waals surface area contributed by atoms with Gasteiger partial charge in [-0.3, -0.25) is 4.98 Å². The van der Waals surface area contributed by atoms with Crippen LogP contribution in [0.4, 0.5) is 11.4 Å². The first-order valence-electron chi connectivity index (χ1n) is 8.52. The summed E-state index contributed by atoms with van der Waals surface area (Å²) in [6.45, 7) is 11.2. The minimum atomic E-state index is 0.0527. The molecule has 0 saturated heterocycles. The SMILES string of the molecule is C=CCCc1cc(NC(C)(C)C)ccc1N(C)Cc1ccccn1. The van der Waals surface area contributed by atoms with Crippen molar-refractivity contribution in [2.75, 3.05) is 17.3 Å². The molecule has 24 heavy (non-hydrogen) atoms. The Balaban J connectivity index is 2.24. The van der Waals surface area contributed by atoms with Crippen molar-refractivity contribution in [1.82, 2.24) is 4.98 Å². The van der Waals surface area contributed by atoms with Gasteiger partial charge in [0, 0.05) is 30.2 Å². The molecule has 0 fully saturated rings. The fourth-order valence-electron chi connectivity index (χ4n) is 2.75. The van der Waals surface area contributed by atoms with Gasteiger partial charge in [-0.2, -0.15) is 0 Å². The number of anilines is 2. The second-order valence-corrected chi connectivity index (χ2v) is 7.22. The van der Waals surface area contributed by atoms with E-state index in [1.54, 1.807) is 0 Å². The Labute approximate surface area is 146 Å². The van der Waals surface area contributed by atoms with Crippen molar-refractivity contribution in [2.45, 2.75) is 45.7 Å². The molecule has 0 radical (unpaired) electrons. The first-order chi connectivity index (χ1) is 11.4. The summed E-state index contributed by atoms with van der Waals surface area (Å²) in [5.41, 5.74) is 4.88. The van der Waals surface area contributed by atoms with Gasteiger partial charge in [0.2, 0.25) is 0 Å². The van der Waals surface area contributed by atoms with Crippen molar-refractivity contribution in [3.63, 3.8) is 0 Å². The van der Waals surface area contributed by atoms with Crippen LogP contribution in [0.5, 0.6) is 0 Å². The van der Waals surface area contributed by atoms with E-state index in [1.165, 1.54) is 11.3 Å². The van der Waals surface area contributed by atoms with Crippen molar-refractivity contribution in [2.24, 2.45) is 0 Å². The van der Waals surface area contributed by atoms with Crippen LogP contribution >= 0.6 is 0 Å². The van der Waals surface area contributed by atoms with E-state index in [4.69, 9.17) is 0 Å². The number of allylic oxidation sites excluding steroid dienone is 1. The molecule has 1 aromatic heterocycles. The van der Waals surface area contributed by atoms with Gasteiger partial charge in [-0.1, -0.05) is 12.1 Å². The van der Waals surface area contributed by atoms with Crippen molar-refractivity contribution in [1.29, 1.82) is 0 Å². The molecular formula is C21H29N3. The molecule has 3 nitrogen and oxygen atoms in total. The number of nitrogens with zero attached hydrogens (tertiary/aromatic N) is 2. The lowest BCUT2D eigenvalue weighted by Crippen LogP contribution is -2.26. The van der Waals surface area contributed by atoms with Crippen molar-refractivity contribution < 1.29 is 0 Å². The second kappa shape index (κ2) is 8.00. The van der Waals surface area contributed by atoms with E-state index in [-0.39, 0.29) is 5.54 Å². The Hall–Kier alpha value is -2.29. The summed E-state index contributed by atoms with van der Waals surface area (Å²) in [7, 11) is 2.12. The summed E-state index contributed by atoms with van der Waals surface area (Å²) in [6, 6.07) is 12.7. The molecule has 1 N–H and O–H groups in total. The molecule has 2 rings (SSSR count). The van der Waals surface area contributed by atoms with Crippen molar-refractivity contribution in [3.05, 3.63) is 66.5 Å². The summed E-state index contributed by atoms with van der Waals surface area (Å²) in [5.74, 6) is 0. The predicted octanol–water partition coefficient (Wildman–Crippen LogP) is 5.05. The Bertz CT molecular complexity index is 657. The molecule has 0 bridgehead atoms. The van der Waals surface area contributed by atoms with Crippen LogP contribution in [0.3, 0.4) is 0 Å². The Morgan fingerprint density at radius 1 is 1.21 bits per heavy atom. The highest BCUT2D eigenvalue weighted by molar-refractivity contribution is 5.61. The molecule has 0 saturated carbocycles. The maximum Gasteiger partial charge on any atom is 0.0598 e. The lowest BCUT2D eigenvalue weighted by molar-refractivity contribution is 0.634. The molecule has 1 aromatic carbocycles. The number of hydrogen-bond donors (Lipinski definition) is 1. The minimum absolute atomic E-state index is 0.0527. The molecule has 0 spiro atoms. The second-order valence-electron chi connectivity index (χ2n) is 7.22. The first-order valence-corrected chi connectivity index (χ1v) is 8.52. The van der Waals surface area contributed by atoms with E-state index >= 15 is 0 Å². The molecule has 0 atom stereocenters. The molecule has 0 aliphatic rings. The number of aromatic nitrogens is 1. The van der Waals surface area contributed by atoms with Crippen molar-refractivity contribution >= 4 is 11.4 Å². The third kappa shape index (κ3) is 5.41. The van der Waals surface area contributed by atoms with E-state index in [1.807, 2.05) is 24.4 Å². The quantitative estimate of drug-likeness (QED) is 0.723. The number of aryl methyl sites for hydroxylation is 1. The lowest BCUT2D eigenvalue weighted by atomic mass is 10.0. The highest BCUT2D eigenvalue weighted by Crippen LogP contribution is 2.27. The molecule has 3 heteroatoms. The van der Waals surface area contributed by atoms with Crippen LogP contribution in [0.1, 0.15) is 38.4 Å². The minimum Gasteiger partial charge on any atom is -0.380 e. The van der Waals surface area contributed by atoms with Crippen LogP contribution in [-0.2, 0) is 13.0 Å². The summed E-state index contributed by atoms with van der Waals surface area (Å²) < 4.78 is 0. The van der Waals surface area contributed by atoms with Crippen LogP contribution in [-0.4, -0.2) is 17.6 Å². The summed E-state index contributed by atoms with van der Waals surface area (Å²) >= 11 is 0. The van der Waals surface area contributed by atoms with Gasteiger partial charge in [0.1, 0.15) is 0 Å². The zero-order valence-corrected chi connectivity index (χ0v) is 15.3. The van der Waals surface area contributed by atoms with Gasteiger partial charge in [-0.25, -0.2) is 0 Å². The standard InChI is InChI=1S/C21H29N3/c1-6-7-10-17-15-18(23-21(2,3)4)12-13-20(17)24(5)16-19-11-8-9-14-22-19/h6,8-9,11-15,23H,1,7,10,16H2,2-5H3. The molecule has 0 aliphatic carbocycles. The maximum absolute atomic E-state index is 4.43. The van der Waals surface area contributed by atoms with Crippen LogP contribution in [0, 0.1) is 0 Å². The molecule has 1 heterocycles. The zero-order valence-electron chi connectivity index (χ0n) is 15.3. The third-order valence-corrected chi connectivity index (χ3v) is 3.75. The summed E-state index contributed by atoms with van der Waals surface area (Å²) in [6.07, 6.45) is 5.79. The molecule has 2 aromatic rings. The number of benzene rings is 1. The average Bonchev–Trinajstić information content (AvgIpc) is 2.52. The van der Waals surface area contributed by atoms with Gasteiger partial charge in [0.05, 0.1) is 12.2 Å². The molecule has 128 valence electrons. The largest absolute Gasteiger partial charge is 0.380 e. The molecule has 0 aliphatic heterocycles. The number of hydrogen-bond acceptors (Lipinski definition) is 3. The van der Waals surface area contributed by atoms with Gasteiger partial charge < -0.3 is 10.2 Å². The van der Waals surface area contributed by atoms with Gasteiger partial charge in [-0.15, -0.1) is 6.58 Å². The third-order valence-electron chi connectivity index (χ3n) is 3.75. The predicted molar refractivity (Wildman–Crippen MR) is 105 cm³/mol. The lowest BCUT2D eigenvalue weighted by Gasteiger charge is -2.26. The monoisotopic (exact) mass is 323 g/mol. The zero-order chi connectivity index (χ0) is 17.6. The van der Waals surface area contributed by atoms with Gasteiger partial charge >= 0.3 is 0 Å². The number of rotatable bonds is 7. The topological polar surface area (TPSA) is 28.2 Å². The molecule has 0 amide bonds. The van der Waals surface area contributed by atoms with Crippen LogP contribution in [0.2, 0.25) is 0 Å².